The summed E-state index contributed by atoms with van der Waals surface area (Å²) in [4.78, 5) is 36.6. The first-order chi connectivity index (χ1) is 12.0. The van der Waals surface area contributed by atoms with Gasteiger partial charge in [0.15, 0.2) is 0 Å². The SMILES string of the molecule is Cc1ccc(OC2CCN(C(=O)CC[C@@H]3NC(=O)NC3=O)CC2)cc1. The number of hydrogen-bond acceptors (Lipinski definition) is 4. The number of aryl methyl sites for hydroxylation is 1. The zero-order chi connectivity index (χ0) is 17.8. The topological polar surface area (TPSA) is 87.7 Å². The fourth-order valence-corrected chi connectivity index (χ4v) is 3.12. The number of likely N-dealkylation sites (tertiary alicyclic amines) is 1. The Morgan fingerprint density at radius 3 is 2.48 bits per heavy atom. The number of ether oxygens (including phenoxy) is 1. The molecule has 0 saturated carbocycles. The molecule has 2 N–H and O–H groups in total. The van der Waals surface area contributed by atoms with Crippen LogP contribution in [0.25, 0.3) is 0 Å². The van der Waals surface area contributed by atoms with E-state index in [1.165, 1.54) is 5.56 Å². The lowest BCUT2D eigenvalue weighted by atomic mass is 10.1. The van der Waals surface area contributed by atoms with Crippen molar-refractivity contribution in [3.05, 3.63) is 29.8 Å². The molecule has 0 unspecified atom stereocenters. The highest BCUT2D eigenvalue weighted by molar-refractivity contribution is 6.04. The maximum Gasteiger partial charge on any atom is 0.322 e. The smallest absolute Gasteiger partial charge is 0.322 e. The molecule has 1 aromatic carbocycles. The largest absolute Gasteiger partial charge is 0.490 e. The Labute approximate surface area is 146 Å². The van der Waals surface area contributed by atoms with Gasteiger partial charge in [0.05, 0.1) is 0 Å². The Balaban J connectivity index is 1.41. The number of carbonyl (C=O) groups is 3. The third-order valence-electron chi connectivity index (χ3n) is 4.62. The summed E-state index contributed by atoms with van der Waals surface area (Å²) in [6.07, 6.45) is 2.28. The van der Waals surface area contributed by atoms with E-state index in [-0.39, 0.29) is 24.3 Å². The van der Waals surface area contributed by atoms with Crippen molar-refractivity contribution in [2.75, 3.05) is 13.1 Å². The van der Waals surface area contributed by atoms with Crippen molar-refractivity contribution in [3.8, 4) is 5.75 Å². The fourth-order valence-electron chi connectivity index (χ4n) is 3.12. The molecule has 7 heteroatoms. The number of piperidine rings is 1. The van der Waals surface area contributed by atoms with E-state index >= 15 is 0 Å². The Morgan fingerprint density at radius 2 is 1.88 bits per heavy atom. The summed E-state index contributed by atoms with van der Waals surface area (Å²) in [6.45, 7) is 3.34. The molecule has 2 heterocycles. The molecule has 0 aromatic heterocycles. The molecule has 25 heavy (non-hydrogen) atoms. The number of rotatable bonds is 5. The first-order valence-corrected chi connectivity index (χ1v) is 8.64. The van der Waals surface area contributed by atoms with Crippen LogP contribution in [0.5, 0.6) is 5.75 Å². The average molecular weight is 345 g/mol. The number of imide groups is 1. The van der Waals surface area contributed by atoms with Crippen LogP contribution in [0.2, 0.25) is 0 Å². The quantitative estimate of drug-likeness (QED) is 0.789. The van der Waals surface area contributed by atoms with E-state index in [9.17, 15) is 14.4 Å². The van der Waals surface area contributed by atoms with E-state index in [0.717, 1.165) is 18.6 Å². The lowest BCUT2D eigenvalue weighted by Gasteiger charge is -2.32. The average Bonchev–Trinajstić information content (AvgIpc) is 2.93. The maximum atomic E-state index is 12.3. The fraction of sp³-hybridized carbons (Fsp3) is 0.500. The van der Waals surface area contributed by atoms with Crippen LogP contribution in [0.1, 0.15) is 31.2 Å². The summed E-state index contributed by atoms with van der Waals surface area (Å²) in [5.74, 6) is 0.518. The molecule has 0 spiro atoms. The number of amides is 4. The van der Waals surface area contributed by atoms with Crippen LogP contribution >= 0.6 is 0 Å². The van der Waals surface area contributed by atoms with Crippen LogP contribution in [-0.2, 0) is 9.59 Å². The number of hydrogen-bond donors (Lipinski definition) is 2. The van der Waals surface area contributed by atoms with Crippen LogP contribution in [-0.4, -0.2) is 48.0 Å². The van der Waals surface area contributed by atoms with Gasteiger partial charge in [-0.15, -0.1) is 0 Å². The van der Waals surface area contributed by atoms with E-state index in [2.05, 4.69) is 10.6 Å². The van der Waals surface area contributed by atoms with Crippen LogP contribution in [0.3, 0.4) is 0 Å². The summed E-state index contributed by atoms with van der Waals surface area (Å²) in [5, 5.41) is 4.68. The highest BCUT2D eigenvalue weighted by Gasteiger charge is 2.31. The molecule has 7 nitrogen and oxygen atoms in total. The molecule has 0 aliphatic carbocycles. The zero-order valence-electron chi connectivity index (χ0n) is 14.3. The summed E-state index contributed by atoms with van der Waals surface area (Å²) in [6, 6.07) is 6.88. The van der Waals surface area contributed by atoms with Crippen LogP contribution in [0.15, 0.2) is 24.3 Å². The second-order valence-electron chi connectivity index (χ2n) is 6.57. The molecule has 4 amide bonds. The molecule has 2 aliphatic rings. The molecule has 2 saturated heterocycles. The molecule has 134 valence electrons. The molecule has 2 fully saturated rings. The van der Waals surface area contributed by atoms with Gasteiger partial charge in [0, 0.05) is 32.4 Å². The van der Waals surface area contributed by atoms with E-state index in [1.54, 1.807) is 0 Å². The number of nitrogens with zero attached hydrogens (tertiary/aromatic N) is 1. The molecule has 0 radical (unpaired) electrons. The summed E-state index contributed by atoms with van der Waals surface area (Å²) >= 11 is 0. The molecule has 1 atom stereocenters. The Bertz CT molecular complexity index is 651. The van der Waals surface area contributed by atoms with Gasteiger partial charge in [-0.25, -0.2) is 4.79 Å². The third kappa shape index (κ3) is 4.49. The highest BCUT2D eigenvalue weighted by Crippen LogP contribution is 2.20. The van der Waals surface area contributed by atoms with Crippen molar-refractivity contribution in [1.29, 1.82) is 0 Å². The highest BCUT2D eigenvalue weighted by atomic mass is 16.5. The van der Waals surface area contributed by atoms with Gasteiger partial charge in [-0.1, -0.05) is 17.7 Å². The van der Waals surface area contributed by atoms with Crippen molar-refractivity contribution in [1.82, 2.24) is 15.5 Å². The van der Waals surface area contributed by atoms with Gasteiger partial charge in [0.1, 0.15) is 17.9 Å². The Hall–Kier alpha value is -2.57. The second kappa shape index (κ2) is 7.55. The van der Waals surface area contributed by atoms with Crippen molar-refractivity contribution in [2.45, 2.75) is 44.8 Å². The molecule has 1 aromatic rings. The standard InChI is InChI=1S/C18H23N3O4/c1-12-2-4-13(5-3-12)25-14-8-10-21(11-9-14)16(22)7-6-15-17(23)20-18(24)19-15/h2-5,14-15H,6-11H2,1H3,(H2,19,20,23,24)/t15-/m0/s1. The van der Waals surface area contributed by atoms with Gasteiger partial charge in [-0.3, -0.25) is 14.9 Å². The van der Waals surface area contributed by atoms with Gasteiger partial charge in [-0.05, 0) is 25.5 Å². The molecule has 3 rings (SSSR count). The lowest BCUT2D eigenvalue weighted by Crippen LogP contribution is -2.42. The van der Waals surface area contributed by atoms with Gasteiger partial charge in [0.25, 0.3) is 5.91 Å². The van der Waals surface area contributed by atoms with Crippen molar-refractivity contribution in [3.63, 3.8) is 0 Å². The predicted molar refractivity (Wildman–Crippen MR) is 91.1 cm³/mol. The summed E-state index contributed by atoms with van der Waals surface area (Å²) in [5.41, 5.74) is 1.19. The van der Waals surface area contributed by atoms with Crippen LogP contribution in [0, 0.1) is 6.92 Å². The van der Waals surface area contributed by atoms with Crippen molar-refractivity contribution in [2.24, 2.45) is 0 Å². The Kier molecular flexibility index (Phi) is 5.21. The van der Waals surface area contributed by atoms with Crippen molar-refractivity contribution < 1.29 is 19.1 Å². The number of urea groups is 1. The van der Waals surface area contributed by atoms with Gasteiger partial charge in [0.2, 0.25) is 5.91 Å². The number of nitrogens with one attached hydrogen (secondary N) is 2. The lowest BCUT2D eigenvalue weighted by molar-refractivity contribution is -0.133. The molecule has 0 bridgehead atoms. The molecular weight excluding hydrogens is 322 g/mol. The first-order valence-electron chi connectivity index (χ1n) is 8.64. The van der Waals surface area contributed by atoms with Crippen LogP contribution in [0.4, 0.5) is 4.79 Å². The number of benzene rings is 1. The van der Waals surface area contributed by atoms with E-state index in [1.807, 2.05) is 36.1 Å². The van der Waals surface area contributed by atoms with Gasteiger partial charge >= 0.3 is 6.03 Å². The summed E-state index contributed by atoms with van der Waals surface area (Å²) in [7, 11) is 0. The number of carbonyl (C=O) groups excluding carboxylic acids is 3. The predicted octanol–water partition coefficient (Wildman–Crippen LogP) is 1.35. The third-order valence-corrected chi connectivity index (χ3v) is 4.62. The Morgan fingerprint density at radius 1 is 1.20 bits per heavy atom. The zero-order valence-corrected chi connectivity index (χ0v) is 14.3. The first kappa shape index (κ1) is 17.3. The molecular formula is C18H23N3O4. The molecule has 2 aliphatic heterocycles. The normalized spacial score (nSPS) is 21.0. The van der Waals surface area contributed by atoms with Crippen LogP contribution < -0.4 is 15.4 Å². The summed E-state index contributed by atoms with van der Waals surface area (Å²) < 4.78 is 5.97. The van der Waals surface area contributed by atoms with E-state index in [4.69, 9.17) is 4.74 Å². The minimum absolute atomic E-state index is 0.0164. The van der Waals surface area contributed by atoms with Crippen molar-refractivity contribution >= 4 is 17.8 Å². The minimum Gasteiger partial charge on any atom is -0.490 e. The van der Waals surface area contributed by atoms with E-state index < -0.39 is 12.1 Å². The van der Waals surface area contributed by atoms with E-state index in [0.29, 0.717) is 19.5 Å². The second-order valence-corrected chi connectivity index (χ2v) is 6.57. The minimum atomic E-state index is -0.598. The van der Waals surface area contributed by atoms with Gasteiger partial charge < -0.3 is 15.0 Å². The monoisotopic (exact) mass is 345 g/mol. The maximum absolute atomic E-state index is 12.3. The van der Waals surface area contributed by atoms with Gasteiger partial charge in [-0.2, -0.15) is 0 Å².